The van der Waals surface area contributed by atoms with Gasteiger partial charge in [0, 0.05) is 31.0 Å². The van der Waals surface area contributed by atoms with E-state index in [1.807, 2.05) is 0 Å². The van der Waals surface area contributed by atoms with Crippen molar-refractivity contribution < 1.29 is 19.8 Å². The molecule has 1 amide bonds. The molecule has 1 aromatic heterocycles. The Morgan fingerprint density at radius 2 is 2.17 bits per heavy atom. The van der Waals surface area contributed by atoms with Gasteiger partial charge in [0.15, 0.2) is 5.43 Å². The summed E-state index contributed by atoms with van der Waals surface area (Å²) in [6.45, 7) is 1.29. The van der Waals surface area contributed by atoms with Gasteiger partial charge in [0.05, 0.1) is 0 Å². The van der Waals surface area contributed by atoms with Gasteiger partial charge in [-0.15, -0.1) is 0 Å². The number of carboxylic acids is 1. The predicted octanol–water partition coefficient (Wildman–Crippen LogP) is -0.751. The van der Waals surface area contributed by atoms with Crippen molar-refractivity contribution in [2.75, 3.05) is 6.61 Å². The van der Waals surface area contributed by atoms with Crippen LogP contribution in [-0.2, 0) is 4.79 Å². The second-order valence-corrected chi connectivity index (χ2v) is 3.77. The maximum atomic E-state index is 11.7. The lowest BCUT2D eigenvalue weighted by atomic mass is 10.2. The lowest BCUT2D eigenvalue weighted by Gasteiger charge is -2.12. The molecule has 0 saturated heterocycles. The molecule has 1 rings (SSSR count). The van der Waals surface area contributed by atoms with E-state index in [4.69, 9.17) is 10.2 Å². The molecule has 0 fully saturated rings. The summed E-state index contributed by atoms with van der Waals surface area (Å²) < 4.78 is 0. The minimum Gasteiger partial charge on any atom is -0.480 e. The van der Waals surface area contributed by atoms with Crippen LogP contribution < -0.4 is 10.7 Å². The summed E-state index contributed by atoms with van der Waals surface area (Å²) in [6.07, 6.45) is 1.11. The molecule has 1 aromatic rings. The average Bonchev–Trinajstić information content (AvgIpc) is 2.27. The number of hydrogen-bond donors (Lipinski definition) is 4. The van der Waals surface area contributed by atoms with Crippen molar-refractivity contribution in [3.8, 4) is 0 Å². The Bertz CT molecular complexity index is 508. The number of amides is 1. The molecule has 98 valence electrons. The average molecular weight is 254 g/mol. The largest absolute Gasteiger partial charge is 0.480 e. The van der Waals surface area contributed by atoms with E-state index in [1.54, 1.807) is 6.92 Å². The lowest BCUT2D eigenvalue weighted by Crippen LogP contribution is -2.42. The SMILES string of the molecule is Cc1cc(=O)c(C(=O)NC(CCO)C(=O)O)c[nH]1. The molecule has 0 aliphatic heterocycles. The van der Waals surface area contributed by atoms with Crippen molar-refractivity contribution in [3.63, 3.8) is 0 Å². The minimum absolute atomic E-state index is 0.120. The van der Waals surface area contributed by atoms with E-state index >= 15 is 0 Å². The molecule has 4 N–H and O–H groups in total. The van der Waals surface area contributed by atoms with E-state index in [-0.39, 0.29) is 18.6 Å². The van der Waals surface area contributed by atoms with Crippen LogP contribution in [0.25, 0.3) is 0 Å². The lowest BCUT2D eigenvalue weighted by molar-refractivity contribution is -0.139. The molecular formula is C11H14N2O5. The Hall–Kier alpha value is -2.15. The first-order valence-corrected chi connectivity index (χ1v) is 5.29. The number of hydrogen-bond acceptors (Lipinski definition) is 4. The van der Waals surface area contributed by atoms with Gasteiger partial charge in [-0.05, 0) is 6.92 Å². The van der Waals surface area contributed by atoms with Crippen LogP contribution in [0.5, 0.6) is 0 Å². The smallest absolute Gasteiger partial charge is 0.326 e. The monoisotopic (exact) mass is 254 g/mol. The van der Waals surface area contributed by atoms with Gasteiger partial charge in [-0.2, -0.15) is 0 Å². The fourth-order valence-corrected chi connectivity index (χ4v) is 1.37. The van der Waals surface area contributed by atoms with E-state index < -0.39 is 23.3 Å². The molecule has 7 nitrogen and oxygen atoms in total. The van der Waals surface area contributed by atoms with E-state index in [9.17, 15) is 14.4 Å². The molecule has 0 saturated carbocycles. The summed E-state index contributed by atoms with van der Waals surface area (Å²) in [5.41, 5.74) is -0.0524. The van der Waals surface area contributed by atoms with Crippen molar-refractivity contribution in [3.05, 3.63) is 33.7 Å². The number of carbonyl (C=O) groups excluding carboxylic acids is 1. The molecule has 0 radical (unpaired) electrons. The molecule has 0 aliphatic carbocycles. The predicted molar refractivity (Wildman–Crippen MR) is 62.4 cm³/mol. The van der Waals surface area contributed by atoms with Gasteiger partial charge in [-0.25, -0.2) is 4.79 Å². The number of aromatic nitrogens is 1. The maximum Gasteiger partial charge on any atom is 0.326 e. The van der Waals surface area contributed by atoms with Gasteiger partial charge in [-0.1, -0.05) is 0 Å². The Kier molecular flexibility index (Phi) is 4.61. The van der Waals surface area contributed by atoms with E-state index in [1.165, 1.54) is 12.3 Å². The number of carboxylic acid groups (broad SMARTS) is 1. The second-order valence-electron chi connectivity index (χ2n) is 3.77. The maximum absolute atomic E-state index is 11.7. The highest BCUT2D eigenvalue weighted by Gasteiger charge is 2.21. The molecule has 7 heteroatoms. The summed E-state index contributed by atoms with van der Waals surface area (Å²) in [5.74, 6) is -2.04. The minimum atomic E-state index is -1.26. The number of H-pyrrole nitrogens is 1. The zero-order valence-electron chi connectivity index (χ0n) is 9.77. The summed E-state index contributed by atoms with van der Waals surface area (Å²) in [5, 5.41) is 19.7. The number of aromatic amines is 1. The number of aliphatic hydroxyl groups is 1. The fourth-order valence-electron chi connectivity index (χ4n) is 1.37. The normalized spacial score (nSPS) is 11.9. The third-order valence-corrected chi connectivity index (χ3v) is 2.32. The van der Waals surface area contributed by atoms with Crippen LogP contribution in [0.15, 0.2) is 17.1 Å². The Morgan fingerprint density at radius 1 is 1.50 bits per heavy atom. The van der Waals surface area contributed by atoms with Gasteiger partial charge in [-0.3, -0.25) is 9.59 Å². The first-order chi connectivity index (χ1) is 8.45. The zero-order chi connectivity index (χ0) is 13.7. The fraction of sp³-hybridized carbons (Fsp3) is 0.364. The number of pyridine rings is 1. The Labute approximate surface area is 102 Å². The first-order valence-electron chi connectivity index (χ1n) is 5.29. The second kappa shape index (κ2) is 5.97. The van der Waals surface area contributed by atoms with Gasteiger partial charge >= 0.3 is 5.97 Å². The van der Waals surface area contributed by atoms with Crippen LogP contribution in [0.2, 0.25) is 0 Å². The number of carbonyl (C=O) groups is 2. The number of nitrogens with one attached hydrogen (secondary N) is 2. The number of aryl methyl sites for hydroxylation is 1. The van der Waals surface area contributed by atoms with Crippen molar-refractivity contribution >= 4 is 11.9 Å². The quantitative estimate of drug-likeness (QED) is 0.551. The van der Waals surface area contributed by atoms with Crippen LogP contribution in [0, 0.1) is 6.92 Å². The highest BCUT2D eigenvalue weighted by molar-refractivity contribution is 5.96. The molecule has 0 bridgehead atoms. The van der Waals surface area contributed by atoms with Crippen LogP contribution in [0.1, 0.15) is 22.5 Å². The van der Waals surface area contributed by atoms with E-state index in [0.29, 0.717) is 5.69 Å². The van der Waals surface area contributed by atoms with Gasteiger partial charge in [0.25, 0.3) is 5.91 Å². The first kappa shape index (κ1) is 13.9. The van der Waals surface area contributed by atoms with Crippen molar-refractivity contribution in [1.29, 1.82) is 0 Å². The van der Waals surface area contributed by atoms with Crippen LogP contribution in [-0.4, -0.2) is 39.7 Å². The zero-order valence-corrected chi connectivity index (χ0v) is 9.77. The van der Waals surface area contributed by atoms with E-state index in [0.717, 1.165) is 0 Å². The summed E-state index contributed by atoms with van der Waals surface area (Å²) >= 11 is 0. The van der Waals surface area contributed by atoms with Gasteiger partial charge in [0.1, 0.15) is 11.6 Å². The number of rotatable bonds is 5. The topological polar surface area (TPSA) is 119 Å². The number of aliphatic carboxylic acids is 1. The molecule has 0 spiro atoms. The van der Waals surface area contributed by atoms with Gasteiger partial charge < -0.3 is 20.5 Å². The molecule has 0 aliphatic rings. The van der Waals surface area contributed by atoms with Crippen LogP contribution in [0.4, 0.5) is 0 Å². The van der Waals surface area contributed by atoms with E-state index in [2.05, 4.69) is 10.3 Å². The van der Waals surface area contributed by atoms with Crippen LogP contribution in [0.3, 0.4) is 0 Å². The van der Waals surface area contributed by atoms with Gasteiger partial charge in [0.2, 0.25) is 0 Å². The highest BCUT2D eigenvalue weighted by Crippen LogP contribution is 1.96. The summed E-state index contributed by atoms with van der Waals surface area (Å²) in [6, 6.07) is 0.0275. The Morgan fingerprint density at radius 3 is 2.67 bits per heavy atom. The standard InChI is InChI=1S/C11H14N2O5/c1-6-4-9(15)7(5-12-6)10(16)13-8(2-3-14)11(17)18/h4-5,8,14H,2-3H2,1H3,(H,12,15)(H,13,16)(H,17,18). The van der Waals surface area contributed by atoms with Crippen molar-refractivity contribution in [2.45, 2.75) is 19.4 Å². The molecule has 18 heavy (non-hydrogen) atoms. The summed E-state index contributed by atoms with van der Waals surface area (Å²) in [7, 11) is 0. The highest BCUT2D eigenvalue weighted by atomic mass is 16.4. The molecule has 1 atom stereocenters. The Balaban J connectivity index is 2.87. The van der Waals surface area contributed by atoms with Crippen LogP contribution >= 0.6 is 0 Å². The van der Waals surface area contributed by atoms with Crippen molar-refractivity contribution in [2.24, 2.45) is 0 Å². The summed E-state index contributed by atoms with van der Waals surface area (Å²) in [4.78, 5) is 36.7. The molecule has 0 aromatic carbocycles. The third kappa shape index (κ3) is 3.42. The third-order valence-electron chi connectivity index (χ3n) is 2.32. The van der Waals surface area contributed by atoms with Crippen molar-refractivity contribution in [1.82, 2.24) is 10.3 Å². The molecule has 1 unspecified atom stereocenters. The molecule has 1 heterocycles. The number of aliphatic hydroxyl groups excluding tert-OH is 1. The molecular weight excluding hydrogens is 240 g/mol.